The lowest BCUT2D eigenvalue weighted by Crippen LogP contribution is -2.29. The highest BCUT2D eigenvalue weighted by Crippen LogP contribution is 2.17. The third-order valence-corrected chi connectivity index (χ3v) is 5.50. The molecule has 2 rings (SSSR count). The summed E-state index contributed by atoms with van der Waals surface area (Å²) in [5, 5.41) is 3.29. The molecule has 0 bridgehead atoms. The Balaban J connectivity index is 0.00000220. The molecule has 0 saturated carbocycles. The third kappa shape index (κ3) is 5.25. The number of fused-ring (bicyclic) bond motifs is 1. The summed E-state index contributed by atoms with van der Waals surface area (Å²) in [6.45, 7) is 6.25. The second-order valence-electron chi connectivity index (χ2n) is 5.49. The Morgan fingerprint density at radius 2 is 1.86 bits per heavy atom. The Bertz CT molecular complexity index is 557. The summed E-state index contributed by atoms with van der Waals surface area (Å²) in [6.07, 6.45) is 1.81. The Hall–Kier alpha value is -0.620. The van der Waals surface area contributed by atoms with Gasteiger partial charge in [0.25, 0.3) is 0 Å². The molecular weight excluding hydrogens is 308 g/mol. The predicted octanol–water partition coefficient (Wildman–Crippen LogP) is 2.57. The first-order valence-electron chi connectivity index (χ1n) is 7.32. The van der Waals surface area contributed by atoms with Crippen LogP contribution in [0.4, 0.5) is 0 Å². The molecule has 0 fully saturated rings. The molecule has 120 valence electrons. The number of hydrogen-bond donors (Lipinski definition) is 2. The molecule has 0 aromatic heterocycles. The first kappa shape index (κ1) is 18.4. The molecule has 0 spiro atoms. The molecule has 0 aliphatic carbocycles. The zero-order valence-corrected chi connectivity index (χ0v) is 14.3. The smallest absolute Gasteiger partial charge is 0.212 e. The molecule has 1 aliphatic heterocycles. The molecule has 4 nitrogen and oxygen atoms in total. The zero-order chi connectivity index (χ0) is 14.6. The summed E-state index contributed by atoms with van der Waals surface area (Å²) >= 11 is 0. The van der Waals surface area contributed by atoms with Crippen molar-refractivity contribution in [2.24, 2.45) is 5.92 Å². The molecule has 0 atom stereocenters. The molecule has 0 saturated heterocycles. The molecule has 21 heavy (non-hydrogen) atoms. The van der Waals surface area contributed by atoms with Gasteiger partial charge < -0.3 is 5.32 Å². The predicted molar refractivity (Wildman–Crippen MR) is 88.9 cm³/mol. The summed E-state index contributed by atoms with van der Waals surface area (Å²) in [7, 11) is -3.18. The molecule has 1 heterocycles. The molecule has 1 aromatic rings. The van der Waals surface area contributed by atoms with Crippen molar-refractivity contribution < 1.29 is 8.42 Å². The molecule has 0 radical (unpaired) electrons. The Kier molecular flexibility index (Phi) is 7.13. The quantitative estimate of drug-likeness (QED) is 0.806. The van der Waals surface area contributed by atoms with Crippen LogP contribution in [0.15, 0.2) is 18.2 Å². The summed E-state index contributed by atoms with van der Waals surface area (Å²) in [5.74, 6) is 0.476. The van der Waals surface area contributed by atoms with Gasteiger partial charge in [0, 0.05) is 19.6 Å². The van der Waals surface area contributed by atoms with Crippen LogP contribution in [-0.2, 0) is 29.7 Å². The number of sulfonamides is 1. The van der Waals surface area contributed by atoms with E-state index in [0.29, 0.717) is 6.54 Å². The largest absolute Gasteiger partial charge is 0.309 e. The first-order chi connectivity index (χ1) is 9.54. The van der Waals surface area contributed by atoms with Crippen molar-refractivity contribution in [2.45, 2.75) is 46.3 Å². The summed E-state index contributed by atoms with van der Waals surface area (Å²) in [5.41, 5.74) is 3.62. The lowest BCUT2D eigenvalue weighted by molar-refractivity contribution is 0.516. The van der Waals surface area contributed by atoms with Gasteiger partial charge in [0.2, 0.25) is 10.0 Å². The van der Waals surface area contributed by atoms with Crippen LogP contribution >= 0.6 is 12.4 Å². The van der Waals surface area contributed by atoms with Gasteiger partial charge in [-0.1, -0.05) is 44.9 Å². The number of nitrogens with one attached hydrogen (secondary N) is 2. The SMILES string of the molecule is CCC(CC)CS(=O)(=O)NCc1ccc2c(c1)CNC2.Cl. The van der Waals surface area contributed by atoms with E-state index in [0.717, 1.165) is 31.5 Å². The molecule has 0 unspecified atom stereocenters. The summed E-state index contributed by atoms with van der Waals surface area (Å²) in [4.78, 5) is 0. The van der Waals surface area contributed by atoms with E-state index in [1.54, 1.807) is 0 Å². The maximum atomic E-state index is 12.0. The zero-order valence-electron chi connectivity index (χ0n) is 12.7. The van der Waals surface area contributed by atoms with Gasteiger partial charge in [-0.3, -0.25) is 0 Å². The van der Waals surface area contributed by atoms with Crippen LogP contribution in [0.1, 0.15) is 43.4 Å². The molecule has 6 heteroatoms. The van der Waals surface area contributed by atoms with Gasteiger partial charge >= 0.3 is 0 Å². The summed E-state index contributed by atoms with van der Waals surface area (Å²) in [6, 6.07) is 6.18. The highest BCUT2D eigenvalue weighted by Gasteiger charge is 2.17. The first-order valence-corrected chi connectivity index (χ1v) is 8.98. The molecular formula is C15H25ClN2O2S. The highest BCUT2D eigenvalue weighted by atomic mass is 35.5. The lowest BCUT2D eigenvalue weighted by Gasteiger charge is -2.13. The Morgan fingerprint density at radius 3 is 2.52 bits per heavy atom. The molecule has 1 aromatic carbocycles. The van der Waals surface area contributed by atoms with Crippen LogP contribution in [0.3, 0.4) is 0 Å². The number of rotatable bonds is 7. The summed E-state index contributed by atoms with van der Waals surface area (Å²) < 4.78 is 26.8. The van der Waals surface area contributed by atoms with E-state index in [1.807, 2.05) is 19.9 Å². The van der Waals surface area contributed by atoms with Crippen molar-refractivity contribution >= 4 is 22.4 Å². The fourth-order valence-electron chi connectivity index (χ4n) is 2.54. The van der Waals surface area contributed by atoms with Gasteiger partial charge in [-0.25, -0.2) is 13.1 Å². The average Bonchev–Trinajstić information content (AvgIpc) is 2.90. The standard InChI is InChI=1S/C15H24N2O2S.ClH/c1-3-12(4-2)11-20(18,19)17-8-13-5-6-14-9-16-10-15(14)7-13;/h5-7,12,16-17H,3-4,8-11H2,1-2H3;1H. The second kappa shape index (κ2) is 8.13. The monoisotopic (exact) mass is 332 g/mol. The maximum absolute atomic E-state index is 12.0. The second-order valence-corrected chi connectivity index (χ2v) is 7.34. The number of hydrogen-bond acceptors (Lipinski definition) is 3. The van der Waals surface area contributed by atoms with E-state index < -0.39 is 10.0 Å². The van der Waals surface area contributed by atoms with E-state index >= 15 is 0 Å². The minimum absolute atomic E-state index is 0. The van der Waals surface area contributed by atoms with Gasteiger partial charge in [0.1, 0.15) is 0 Å². The van der Waals surface area contributed by atoms with Crippen molar-refractivity contribution in [3.63, 3.8) is 0 Å². The lowest BCUT2D eigenvalue weighted by atomic mass is 10.1. The fraction of sp³-hybridized carbons (Fsp3) is 0.600. The van der Waals surface area contributed by atoms with Crippen LogP contribution in [0, 0.1) is 5.92 Å². The Labute approximate surface area is 134 Å². The minimum atomic E-state index is -3.18. The van der Waals surface area contributed by atoms with Crippen LogP contribution < -0.4 is 10.0 Å². The van der Waals surface area contributed by atoms with Crippen molar-refractivity contribution in [2.75, 3.05) is 5.75 Å². The van der Waals surface area contributed by atoms with Crippen molar-refractivity contribution in [1.82, 2.24) is 10.0 Å². The van der Waals surface area contributed by atoms with Crippen molar-refractivity contribution in [3.05, 3.63) is 34.9 Å². The average molecular weight is 333 g/mol. The normalized spacial score (nSPS) is 14.0. The fourth-order valence-corrected chi connectivity index (χ4v) is 4.14. The minimum Gasteiger partial charge on any atom is -0.309 e. The highest BCUT2D eigenvalue weighted by molar-refractivity contribution is 7.89. The van der Waals surface area contributed by atoms with Gasteiger partial charge in [-0.2, -0.15) is 0 Å². The van der Waals surface area contributed by atoms with Crippen LogP contribution in [0.25, 0.3) is 0 Å². The van der Waals surface area contributed by atoms with Gasteiger partial charge in [0.15, 0.2) is 0 Å². The van der Waals surface area contributed by atoms with Crippen LogP contribution in [0.2, 0.25) is 0 Å². The van der Waals surface area contributed by atoms with Crippen molar-refractivity contribution in [1.29, 1.82) is 0 Å². The van der Waals surface area contributed by atoms with Crippen LogP contribution in [-0.4, -0.2) is 14.2 Å². The van der Waals surface area contributed by atoms with E-state index in [4.69, 9.17) is 0 Å². The topological polar surface area (TPSA) is 58.2 Å². The Morgan fingerprint density at radius 1 is 1.19 bits per heavy atom. The van der Waals surface area contributed by atoms with Crippen LogP contribution in [0.5, 0.6) is 0 Å². The van der Waals surface area contributed by atoms with Gasteiger partial charge in [-0.15, -0.1) is 12.4 Å². The van der Waals surface area contributed by atoms with Gasteiger partial charge in [0.05, 0.1) is 5.75 Å². The molecule has 1 aliphatic rings. The molecule has 0 amide bonds. The van der Waals surface area contributed by atoms with E-state index in [9.17, 15) is 8.42 Å². The molecule has 2 N–H and O–H groups in total. The third-order valence-electron chi connectivity index (χ3n) is 4.01. The van der Waals surface area contributed by atoms with Crippen molar-refractivity contribution in [3.8, 4) is 0 Å². The number of halogens is 1. The van der Waals surface area contributed by atoms with Gasteiger partial charge in [-0.05, 0) is 22.6 Å². The van der Waals surface area contributed by atoms with E-state index in [-0.39, 0.29) is 24.1 Å². The maximum Gasteiger partial charge on any atom is 0.212 e. The number of benzene rings is 1. The van der Waals surface area contributed by atoms with E-state index in [2.05, 4.69) is 22.2 Å². The van der Waals surface area contributed by atoms with E-state index in [1.165, 1.54) is 11.1 Å².